The van der Waals surface area contributed by atoms with E-state index in [1.54, 1.807) is 24.3 Å². The predicted octanol–water partition coefficient (Wildman–Crippen LogP) is 2.90. The van der Waals surface area contributed by atoms with Gasteiger partial charge in [0.15, 0.2) is 0 Å². The monoisotopic (exact) mass is 230 g/mol. The van der Waals surface area contributed by atoms with Crippen LogP contribution < -0.4 is 10.5 Å². The minimum atomic E-state index is -0.322. The van der Waals surface area contributed by atoms with Crippen LogP contribution in [-0.2, 0) is 0 Å². The first-order valence-corrected chi connectivity index (χ1v) is 5.03. The van der Waals surface area contributed by atoms with Gasteiger partial charge in [-0.2, -0.15) is 0 Å². The Bertz CT molecular complexity index is 537. The van der Waals surface area contributed by atoms with Crippen molar-refractivity contribution in [2.24, 2.45) is 5.73 Å². The lowest BCUT2D eigenvalue weighted by molar-refractivity contribution is 0.479. The largest absolute Gasteiger partial charge is 0.457 e. The minimum Gasteiger partial charge on any atom is -0.457 e. The lowest BCUT2D eigenvalue weighted by Crippen LogP contribution is -2.12. The predicted molar refractivity (Wildman–Crippen MR) is 63.9 cm³/mol. The highest BCUT2D eigenvalue weighted by atomic mass is 19.1. The second-order valence-electron chi connectivity index (χ2n) is 3.47. The zero-order valence-electron chi connectivity index (χ0n) is 8.98. The molecule has 0 aromatic heterocycles. The maximum Gasteiger partial charge on any atom is 0.138 e. The van der Waals surface area contributed by atoms with Crippen LogP contribution >= 0.6 is 0 Å². The smallest absolute Gasteiger partial charge is 0.138 e. The fourth-order valence-electron chi connectivity index (χ4n) is 1.41. The first kappa shape index (κ1) is 11.1. The van der Waals surface area contributed by atoms with E-state index in [0.29, 0.717) is 17.1 Å². The molecule has 2 aromatic rings. The molecule has 0 amide bonds. The summed E-state index contributed by atoms with van der Waals surface area (Å²) in [5.74, 6) is 0.589. The minimum absolute atomic E-state index is 0.0669. The van der Waals surface area contributed by atoms with E-state index in [0.717, 1.165) is 0 Å². The Balaban J connectivity index is 2.30. The van der Waals surface area contributed by atoms with Crippen molar-refractivity contribution in [3.8, 4) is 11.5 Å². The summed E-state index contributed by atoms with van der Waals surface area (Å²) in [5.41, 5.74) is 5.95. The van der Waals surface area contributed by atoms with Crippen LogP contribution in [0.4, 0.5) is 4.39 Å². The first-order valence-electron chi connectivity index (χ1n) is 5.03. The van der Waals surface area contributed by atoms with Crippen LogP contribution in [0, 0.1) is 11.2 Å². The van der Waals surface area contributed by atoms with Crippen molar-refractivity contribution in [1.82, 2.24) is 0 Å². The molecule has 0 bridgehead atoms. The summed E-state index contributed by atoms with van der Waals surface area (Å²) in [6, 6.07) is 12.6. The van der Waals surface area contributed by atoms with Crippen molar-refractivity contribution >= 4 is 5.84 Å². The quantitative estimate of drug-likeness (QED) is 0.629. The van der Waals surface area contributed by atoms with Crippen molar-refractivity contribution in [2.75, 3.05) is 0 Å². The van der Waals surface area contributed by atoms with Gasteiger partial charge in [0.2, 0.25) is 0 Å². The highest BCUT2D eigenvalue weighted by molar-refractivity contribution is 5.97. The van der Waals surface area contributed by atoms with E-state index in [1.165, 1.54) is 24.3 Å². The Morgan fingerprint density at radius 2 is 1.71 bits per heavy atom. The number of ether oxygens (including phenoxy) is 1. The van der Waals surface area contributed by atoms with Crippen LogP contribution in [0.15, 0.2) is 48.5 Å². The van der Waals surface area contributed by atoms with Gasteiger partial charge in [0, 0.05) is 0 Å². The summed E-state index contributed by atoms with van der Waals surface area (Å²) in [4.78, 5) is 0. The molecule has 0 aliphatic heterocycles. The number of amidine groups is 1. The summed E-state index contributed by atoms with van der Waals surface area (Å²) in [6.07, 6.45) is 0. The molecule has 0 aliphatic carbocycles. The van der Waals surface area contributed by atoms with Crippen LogP contribution in [0.5, 0.6) is 11.5 Å². The number of nitrogen functional groups attached to an aromatic ring is 1. The molecular formula is C13H11FN2O. The normalized spacial score (nSPS) is 9.94. The topological polar surface area (TPSA) is 59.1 Å². The van der Waals surface area contributed by atoms with Gasteiger partial charge in [0.1, 0.15) is 23.2 Å². The highest BCUT2D eigenvalue weighted by Gasteiger charge is 2.06. The second kappa shape index (κ2) is 4.65. The first-order chi connectivity index (χ1) is 8.16. The number of benzene rings is 2. The summed E-state index contributed by atoms with van der Waals surface area (Å²) >= 11 is 0. The number of para-hydroxylation sites is 1. The average molecular weight is 230 g/mol. The number of nitrogens with two attached hydrogens (primary N) is 1. The molecule has 86 valence electrons. The van der Waals surface area contributed by atoms with E-state index < -0.39 is 0 Å². The molecule has 4 heteroatoms. The third kappa shape index (κ3) is 2.60. The molecule has 0 saturated carbocycles. The fraction of sp³-hybridized carbons (Fsp3) is 0. The molecular weight excluding hydrogens is 219 g/mol. The maximum atomic E-state index is 12.7. The maximum absolute atomic E-state index is 12.7. The molecule has 0 spiro atoms. The van der Waals surface area contributed by atoms with Gasteiger partial charge < -0.3 is 10.5 Å². The number of nitrogens with one attached hydrogen (secondary N) is 1. The van der Waals surface area contributed by atoms with Crippen LogP contribution in [-0.4, -0.2) is 5.84 Å². The molecule has 2 rings (SSSR count). The molecule has 0 saturated heterocycles. The van der Waals surface area contributed by atoms with Crippen molar-refractivity contribution < 1.29 is 9.13 Å². The Labute approximate surface area is 98.2 Å². The van der Waals surface area contributed by atoms with Gasteiger partial charge in [-0.25, -0.2) is 4.39 Å². The molecule has 0 aliphatic rings. The SMILES string of the molecule is N=C(N)c1ccccc1Oc1ccc(F)cc1. The zero-order valence-corrected chi connectivity index (χ0v) is 8.98. The zero-order chi connectivity index (χ0) is 12.3. The van der Waals surface area contributed by atoms with Gasteiger partial charge in [0.25, 0.3) is 0 Å². The van der Waals surface area contributed by atoms with E-state index in [2.05, 4.69) is 0 Å². The third-order valence-electron chi connectivity index (χ3n) is 2.22. The molecule has 0 radical (unpaired) electrons. The van der Waals surface area contributed by atoms with E-state index >= 15 is 0 Å². The number of halogens is 1. The standard InChI is InChI=1S/C13H11FN2O/c14-9-5-7-10(8-6-9)17-12-4-2-1-3-11(12)13(15)16/h1-8H,(H3,15,16). The van der Waals surface area contributed by atoms with Gasteiger partial charge in [-0.05, 0) is 36.4 Å². The van der Waals surface area contributed by atoms with Crippen LogP contribution in [0.1, 0.15) is 5.56 Å². The highest BCUT2D eigenvalue weighted by Crippen LogP contribution is 2.24. The molecule has 0 unspecified atom stereocenters. The van der Waals surface area contributed by atoms with Crippen molar-refractivity contribution in [2.45, 2.75) is 0 Å². The Morgan fingerprint density at radius 1 is 1.06 bits per heavy atom. The Kier molecular flexibility index (Phi) is 3.05. The summed E-state index contributed by atoms with van der Waals surface area (Å²) in [6.45, 7) is 0. The van der Waals surface area contributed by atoms with Crippen LogP contribution in [0.2, 0.25) is 0 Å². The van der Waals surface area contributed by atoms with E-state index in [9.17, 15) is 4.39 Å². The van der Waals surface area contributed by atoms with Crippen LogP contribution in [0.3, 0.4) is 0 Å². The van der Waals surface area contributed by atoms with Gasteiger partial charge in [-0.3, -0.25) is 5.41 Å². The lowest BCUT2D eigenvalue weighted by atomic mass is 10.2. The Morgan fingerprint density at radius 3 is 2.35 bits per heavy atom. The molecule has 0 heterocycles. The fourth-order valence-corrected chi connectivity index (χ4v) is 1.41. The summed E-state index contributed by atoms with van der Waals surface area (Å²) < 4.78 is 18.3. The second-order valence-corrected chi connectivity index (χ2v) is 3.47. The lowest BCUT2D eigenvalue weighted by Gasteiger charge is -2.09. The molecule has 0 atom stereocenters. The van der Waals surface area contributed by atoms with Crippen molar-refractivity contribution in [1.29, 1.82) is 5.41 Å². The van der Waals surface area contributed by atoms with Crippen LogP contribution in [0.25, 0.3) is 0 Å². The van der Waals surface area contributed by atoms with Crippen molar-refractivity contribution in [3.63, 3.8) is 0 Å². The molecule has 3 nitrogen and oxygen atoms in total. The van der Waals surface area contributed by atoms with E-state index in [4.69, 9.17) is 15.9 Å². The molecule has 0 fully saturated rings. The molecule has 3 N–H and O–H groups in total. The summed E-state index contributed by atoms with van der Waals surface area (Å²) in [5, 5.41) is 7.41. The third-order valence-corrected chi connectivity index (χ3v) is 2.22. The average Bonchev–Trinajstić information content (AvgIpc) is 2.32. The summed E-state index contributed by atoms with van der Waals surface area (Å²) in [7, 11) is 0. The number of rotatable bonds is 3. The van der Waals surface area contributed by atoms with Gasteiger partial charge in [-0.15, -0.1) is 0 Å². The van der Waals surface area contributed by atoms with E-state index in [1.807, 2.05) is 0 Å². The number of hydrogen-bond acceptors (Lipinski definition) is 2. The molecule has 17 heavy (non-hydrogen) atoms. The van der Waals surface area contributed by atoms with Gasteiger partial charge >= 0.3 is 0 Å². The number of hydrogen-bond donors (Lipinski definition) is 2. The molecule has 2 aromatic carbocycles. The van der Waals surface area contributed by atoms with E-state index in [-0.39, 0.29) is 11.7 Å². The Hall–Kier alpha value is -2.36. The van der Waals surface area contributed by atoms with Crippen molar-refractivity contribution in [3.05, 3.63) is 59.9 Å². The van der Waals surface area contributed by atoms with Gasteiger partial charge in [0.05, 0.1) is 5.56 Å². The van der Waals surface area contributed by atoms with Gasteiger partial charge in [-0.1, -0.05) is 12.1 Å².